The molecule has 2 N–H and O–H groups in total. The lowest BCUT2D eigenvalue weighted by Crippen LogP contribution is -2.24. The number of rotatable bonds is 5. The first kappa shape index (κ1) is 13.2. The second-order valence-corrected chi connectivity index (χ2v) is 5.79. The van der Waals surface area contributed by atoms with Gasteiger partial charge in [0.1, 0.15) is 0 Å². The van der Waals surface area contributed by atoms with Gasteiger partial charge in [0, 0.05) is 29.2 Å². The molecule has 3 rings (SSSR count). The highest BCUT2D eigenvalue weighted by Gasteiger charge is 2.14. The zero-order valence-electron chi connectivity index (χ0n) is 11.8. The van der Waals surface area contributed by atoms with Crippen LogP contribution in [-0.2, 0) is 0 Å². The molecule has 1 aliphatic carbocycles. The molecule has 106 valence electrons. The minimum Gasteiger partial charge on any atom is -0.361 e. The van der Waals surface area contributed by atoms with Gasteiger partial charge in [0.15, 0.2) is 0 Å². The van der Waals surface area contributed by atoms with Gasteiger partial charge < -0.3 is 10.3 Å². The number of aromatic nitrogens is 1. The minimum absolute atomic E-state index is 0.0432. The van der Waals surface area contributed by atoms with Crippen LogP contribution in [0.3, 0.4) is 0 Å². The topological polar surface area (TPSA) is 44.9 Å². The van der Waals surface area contributed by atoms with Gasteiger partial charge in [-0.15, -0.1) is 0 Å². The van der Waals surface area contributed by atoms with Crippen LogP contribution in [0.4, 0.5) is 0 Å². The fourth-order valence-electron chi connectivity index (χ4n) is 3.27. The Morgan fingerprint density at radius 2 is 2.10 bits per heavy atom. The zero-order valence-corrected chi connectivity index (χ0v) is 11.8. The SMILES string of the molecule is O=C(NCCCC1CCCC1)c1cccc2[nH]ccc12. The van der Waals surface area contributed by atoms with Crippen molar-refractivity contribution in [3.8, 4) is 0 Å². The van der Waals surface area contributed by atoms with E-state index in [1.54, 1.807) is 0 Å². The Labute approximate surface area is 119 Å². The third-order valence-corrected chi connectivity index (χ3v) is 4.39. The summed E-state index contributed by atoms with van der Waals surface area (Å²) in [6, 6.07) is 7.77. The van der Waals surface area contributed by atoms with Gasteiger partial charge in [-0.05, 0) is 37.0 Å². The quantitative estimate of drug-likeness (QED) is 0.796. The first-order valence-electron chi connectivity index (χ1n) is 7.69. The summed E-state index contributed by atoms with van der Waals surface area (Å²) in [5.41, 5.74) is 1.79. The number of carbonyl (C=O) groups excluding carboxylic acids is 1. The van der Waals surface area contributed by atoms with E-state index in [1.807, 2.05) is 30.5 Å². The van der Waals surface area contributed by atoms with E-state index >= 15 is 0 Å². The fourth-order valence-corrected chi connectivity index (χ4v) is 3.27. The van der Waals surface area contributed by atoms with E-state index in [0.29, 0.717) is 0 Å². The van der Waals surface area contributed by atoms with Crippen LogP contribution in [0.15, 0.2) is 30.5 Å². The van der Waals surface area contributed by atoms with Gasteiger partial charge in [-0.1, -0.05) is 31.7 Å². The van der Waals surface area contributed by atoms with Crippen LogP contribution in [0.5, 0.6) is 0 Å². The predicted molar refractivity (Wildman–Crippen MR) is 81.8 cm³/mol. The first-order chi connectivity index (χ1) is 9.84. The number of carbonyl (C=O) groups is 1. The molecule has 1 saturated carbocycles. The van der Waals surface area contributed by atoms with Crippen LogP contribution >= 0.6 is 0 Å². The average molecular weight is 270 g/mol. The van der Waals surface area contributed by atoms with Crippen molar-refractivity contribution in [2.24, 2.45) is 5.92 Å². The van der Waals surface area contributed by atoms with E-state index in [2.05, 4.69) is 10.3 Å². The molecule has 0 atom stereocenters. The molecule has 2 aromatic rings. The van der Waals surface area contributed by atoms with E-state index in [9.17, 15) is 4.79 Å². The summed E-state index contributed by atoms with van der Waals surface area (Å²) in [6.45, 7) is 0.788. The van der Waals surface area contributed by atoms with Gasteiger partial charge in [-0.3, -0.25) is 4.79 Å². The number of hydrogen-bond donors (Lipinski definition) is 2. The highest BCUT2D eigenvalue weighted by molar-refractivity contribution is 6.06. The summed E-state index contributed by atoms with van der Waals surface area (Å²) in [5.74, 6) is 0.946. The second-order valence-electron chi connectivity index (χ2n) is 5.79. The van der Waals surface area contributed by atoms with E-state index in [1.165, 1.54) is 32.1 Å². The van der Waals surface area contributed by atoms with Crippen molar-refractivity contribution in [2.45, 2.75) is 38.5 Å². The molecule has 1 heterocycles. The lowest BCUT2D eigenvalue weighted by atomic mass is 10.0. The van der Waals surface area contributed by atoms with Crippen LogP contribution in [0.2, 0.25) is 0 Å². The number of fused-ring (bicyclic) bond motifs is 1. The summed E-state index contributed by atoms with van der Waals surface area (Å²) in [7, 11) is 0. The smallest absolute Gasteiger partial charge is 0.251 e. The Morgan fingerprint density at radius 1 is 1.25 bits per heavy atom. The number of aromatic amines is 1. The standard InChI is InChI=1S/C17H22N2O/c20-17(19-11-4-7-13-5-1-2-6-13)15-8-3-9-16-14(15)10-12-18-16/h3,8-10,12-13,18H,1-2,4-7,11H2,(H,19,20). The highest BCUT2D eigenvalue weighted by Crippen LogP contribution is 2.28. The summed E-state index contributed by atoms with van der Waals surface area (Å²) < 4.78 is 0. The van der Waals surface area contributed by atoms with Crippen molar-refractivity contribution in [1.29, 1.82) is 0 Å². The average Bonchev–Trinajstić information content (AvgIpc) is 3.13. The summed E-state index contributed by atoms with van der Waals surface area (Å²) in [5, 5.41) is 4.05. The van der Waals surface area contributed by atoms with E-state index in [0.717, 1.165) is 35.3 Å². The van der Waals surface area contributed by atoms with Gasteiger partial charge >= 0.3 is 0 Å². The van der Waals surface area contributed by atoms with Crippen molar-refractivity contribution < 1.29 is 4.79 Å². The van der Waals surface area contributed by atoms with Crippen LogP contribution in [0.1, 0.15) is 48.9 Å². The maximum atomic E-state index is 12.2. The fraction of sp³-hybridized carbons (Fsp3) is 0.471. The largest absolute Gasteiger partial charge is 0.361 e. The second kappa shape index (κ2) is 6.12. The number of hydrogen-bond acceptors (Lipinski definition) is 1. The van der Waals surface area contributed by atoms with Gasteiger partial charge in [0.05, 0.1) is 0 Å². The maximum absolute atomic E-state index is 12.2. The van der Waals surface area contributed by atoms with Crippen LogP contribution < -0.4 is 5.32 Å². The van der Waals surface area contributed by atoms with Crippen molar-refractivity contribution in [3.05, 3.63) is 36.0 Å². The van der Waals surface area contributed by atoms with Crippen LogP contribution in [-0.4, -0.2) is 17.4 Å². The molecule has 20 heavy (non-hydrogen) atoms. The zero-order chi connectivity index (χ0) is 13.8. The molecule has 3 heteroatoms. The third kappa shape index (κ3) is 2.87. The van der Waals surface area contributed by atoms with Crippen LogP contribution in [0, 0.1) is 5.92 Å². The highest BCUT2D eigenvalue weighted by atomic mass is 16.1. The molecule has 0 spiro atoms. The normalized spacial score (nSPS) is 15.8. The van der Waals surface area contributed by atoms with Gasteiger partial charge in [0.25, 0.3) is 5.91 Å². The molecular weight excluding hydrogens is 248 g/mol. The van der Waals surface area contributed by atoms with Crippen molar-refractivity contribution in [1.82, 2.24) is 10.3 Å². The maximum Gasteiger partial charge on any atom is 0.251 e. The minimum atomic E-state index is 0.0432. The first-order valence-corrected chi connectivity index (χ1v) is 7.69. The Morgan fingerprint density at radius 3 is 2.95 bits per heavy atom. The molecule has 1 fully saturated rings. The van der Waals surface area contributed by atoms with Crippen molar-refractivity contribution in [2.75, 3.05) is 6.54 Å². The van der Waals surface area contributed by atoms with E-state index in [4.69, 9.17) is 0 Å². The Balaban J connectivity index is 1.52. The molecule has 0 aliphatic heterocycles. The molecule has 0 unspecified atom stereocenters. The molecular formula is C17H22N2O. The lowest BCUT2D eigenvalue weighted by molar-refractivity contribution is 0.0954. The molecule has 1 aromatic heterocycles. The summed E-state index contributed by atoms with van der Waals surface area (Å²) in [4.78, 5) is 15.4. The van der Waals surface area contributed by atoms with E-state index < -0.39 is 0 Å². The van der Waals surface area contributed by atoms with Crippen LogP contribution in [0.25, 0.3) is 10.9 Å². The van der Waals surface area contributed by atoms with Crippen molar-refractivity contribution >= 4 is 16.8 Å². The Kier molecular flexibility index (Phi) is 4.05. The van der Waals surface area contributed by atoms with Gasteiger partial charge in [0.2, 0.25) is 0 Å². The number of benzene rings is 1. The summed E-state index contributed by atoms with van der Waals surface area (Å²) >= 11 is 0. The number of amides is 1. The molecule has 0 radical (unpaired) electrons. The molecule has 0 bridgehead atoms. The number of H-pyrrole nitrogens is 1. The molecule has 1 aromatic carbocycles. The molecule has 1 amide bonds. The van der Waals surface area contributed by atoms with Gasteiger partial charge in [-0.25, -0.2) is 0 Å². The van der Waals surface area contributed by atoms with Gasteiger partial charge in [-0.2, -0.15) is 0 Å². The Bertz CT molecular complexity index is 581. The molecule has 3 nitrogen and oxygen atoms in total. The molecule has 1 aliphatic rings. The van der Waals surface area contributed by atoms with E-state index in [-0.39, 0.29) is 5.91 Å². The van der Waals surface area contributed by atoms with Crippen molar-refractivity contribution in [3.63, 3.8) is 0 Å². The molecule has 0 saturated heterocycles. The Hall–Kier alpha value is -1.77. The predicted octanol–water partition coefficient (Wildman–Crippen LogP) is 3.87. The lowest BCUT2D eigenvalue weighted by Gasteiger charge is -2.09. The third-order valence-electron chi connectivity index (χ3n) is 4.39. The number of nitrogens with one attached hydrogen (secondary N) is 2. The monoisotopic (exact) mass is 270 g/mol. The summed E-state index contributed by atoms with van der Waals surface area (Å²) in [6.07, 6.45) is 9.79.